The Morgan fingerprint density at radius 1 is 1.37 bits per heavy atom. The van der Waals surface area contributed by atoms with Crippen LogP contribution >= 0.6 is 11.6 Å². The van der Waals surface area contributed by atoms with Crippen LogP contribution in [0.25, 0.3) is 0 Å². The topological polar surface area (TPSA) is 67.6 Å². The Kier molecular flexibility index (Phi) is 6.35. The van der Waals surface area contributed by atoms with Gasteiger partial charge in [-0.25, -0.2) is 4.39 Å². The molecule has 2 aromatic rings. The van der Waals surface area contributed by atoms with Crippen LogP contribution in [0.1, 0.15) is 37.0 Å². The highest BCUT2D eigenvalue weighted by atomic mass is 35.5. The molecule has 0 bridgehead atoms. The van der Waals surface area contributed by atoms with Gasteiger partial charge in [-0.3, -0.25) is 4.79 Å². The first-order chi connectivity index (χ1) is 14.1. The molecular formula is C23H25ClFN3O2. The second kappa shape index (κ2) is 8.63. The van der Waals surface area contributed by atoms with Crippen molar-refractivity contribution in [1.82, 2.24) is 4.90 Å². The van der Waals surface area contributed by atoms with Crippen molar-refractivity contribution in [1.29, 1.82) is 5.26 Å². The first kappa shape index (κ1) is 22.1. The molecule has 3 rings (SSSR count). The van der Waals surface area contributed by atoms with E-state index in [1.807, 2.05) is 13.0 Å². The molecular weight excluding hydrogens is 405 g/mol. The number of aryl methyl sites for hydroxylation is 1. The Bertz CT molecular complexity index is 997. The number of benzene rings is 2. The summed E-state index contributed by atoms with van der Waals surface area (Å²) in [5.41, 5.74) is 1.54. The van der Waals surface area contributed by atoms with Crippen molar-refractivity contribution in [3.8, 4) is 6.07 Å². The summed E-state index contributed by atoms with van der Waals surface area (Å²) in [6.45, 7) is 6.29. The highest BCUT2D eigenvalue weighted by Gasteiger charge is 2.36. The third-order valence-corrected chi connectivity index (χ3v) is 5.78. The third kappa shape index (κ3) is 4.75. The minimum atomic E-state index is -1.43. The summed E-state index contributed by atoms with van der Waals surface area (Å²) in [6.07, 6.45) is 0.702. The molecule has 1 fully saturated rings. The molecule has 5 nitrogen and oxygen atoms in total. The van der Waals surface area contributed by atoms with Crippen LogP contribution in [0.15, 0.2) is 36.4 Å². The number of nitriles is 1. The summed E-state index contributed by atoms with van der Waals surface area (Å²) >= 11 is 6.27. The first-order valence-corrected chi connectivity index (χ1v) is 10.2. The number of carbonyl (C=O) groups excluding carboxylic acids is 1. The molecule has 1 N–H and O–H groups in total. The monoisotopic (exact) mass is 429 g/mol. The van der Waals surface area contributed by atoms with Gasteiger partial charge in [-0.2, -0.15) is 5.26 Å². The van der Waals surface area contributed by atoms with Crippen molar-refractivity contribution in [2.45, 2.75) is 45.4 Å². The second-order valence-corrected chi connectivity index (χ2v) is 8.63. The van der Waals surface area contributed by atoms with Gasteiger partial charge in [0.1, 0.15) is 17.5 Å². The maximum atomic E-state index is 13.9. The summed E-state index contributed by atoms with van der Waals surface area (Å²) in [6, 6.07) is 11.9. The van der Waals surface area contributed by atoms with E-state index in [4.69, 9.17) is 11.6 Å². The lowest BCUT2D eigenvalue weighted by molar-refractivity contribution is -0.146. The molecule has 1 unspecified atom stereocenters. The summed E-state index contributed by atoms with van der Waals surface area (Å²) in [5.74, 6) is -0.622. The van der Waals surface area contributed by atoms with Crippen molar-refractivity contribution >= 4 is 23.2 Å². The normalized spacial score (nSPS) is 16.4. The van der Waals surface area contributed by atoms with Gasteiger partial charge in [0.2, 0.25) is 0 Å². The molecule has 1 amide bonds. The maximum absolute atomic E-state index is 13.9. The zero-order valence-corrected chi connectivity index (χ0v) is 18.1. The molecule has 1 atom stereocenters. The van der Waals surface area contributed by atoms with E-state index in [0.29, 0.717) is 36.6 Å². The SMILES string of the molecule is Cc1ccc(F)cc1CN(c1ccc(C#N)c(Cl)c1)C1CCN(C(=O)C(C)(C)O)C1. The Hall–Kier alpha value is -2.62. The summed E-state index contributed by atoms with van der Waals surface area (Å²) in [5, 5.41) is 19.6. The van der Waals surface area contributed by atoms with Crippen molar-refractivity contribution < 1.29 is 14.3 Å². The van der Waals surface area contributed by atoms with E-state index in [2.05, 4.69) is 11.0 Å². The third-order valence-electron chi connectivity index (χ3n) is 5.47. The standard InChI is InChI=1S/C23H25ClFN3O2/c1-15-4-6-18(25)10-17(15)13-28(19-7-5-16(12-26)21(24)11-19)20-8-9-27(14-20)22(29)23(2,3)30/h4-7,10-11,20,30H,8-9,13-14H2,1-3H3. The molecule has 1 heterocycles. The fourth-order valence-corrected chi connectivity index (χ4v) is 3.98. The van der Waals surface area contributed by atoms with E-state index in [0.717, 1.165) is 16.8 Å². The Balaban J connectivity index is 1.94. The van der Waals surface area contributed by atoms with Crippen molar-refractivity contribution in [2.24, 2.45) is 0 Å². The lowest BCUT2D eigenvalue weighted by Crippen LogP contribution is -2.46. The Labute approximate surface area is 181 Å². The van der Waals surface area contributed by atoms with Crippen LogP contribution in [0.5, 0.6) is 0 Å². The fraction of sp³-hybridized carbons (Fsp3) is 0.391. The molecule has 2 aromatic carbocycles. The number of nitrogens with zero attached hydrogens (tertiary/aromatic N) is 3. The van der Waals surface area contributed by atoms with Crippen LogP contribution in [-0.2, 0) is 11.3 Å². The molecule has 1 aliphatic heterocycles. The molecule has 1 saturated heterocycles. The van der Waals surface area contributed by atoms with Gasteiger partial charge in [-0.05, 0) is 68.7 Å². The predicted molar refractivity (Wildman–Crippen MR) is 115 cm³/mol. The molecule has 0 spiro atoms. The quantitative estimate of drug-likeness (QED) is 0.778. The minimum Gasteiger partial charge on any atom is -0.381 e. The average Bonchev–Trinajstić information content (AvgIpc) is 3.16. The Morgan fingerprint density at radius 3 is 2.73 bits per heavy atom. The largest absolute Gasteiger partial charge is 0.381 e. The zero-order chi connectivity index (χ0) is 22.1. The van der Waals surface area contributed by atoms with Gasteiger partial charge in [0.15, 0.2) is 0 Å². The van der Waals surface area contributed by atoms with Gasteiger partial charge in [-0.1, -0.05) is 17.7 Å². The van der Waals surface area contributed by atoms with Gasteiger partial charge >= 0.3 is 0 Å². The van der Waals surface area contributed by atoms with E-state index < -0.39 is 5.60 Å². The number of hydrogen-bond acceptors (Lipinski definition) is 4. The predicted octanol–water partition coefficient (Wildman–Crippen LogP) is 4.04. The number of rotatable bonds is 5. The lowest BCUT2D eigenvalue weighted by atomic mass is 10.1. The van der Waals surface area contributed by atoms with Crippen LogP contribution in [0.2, 0.25) is 5.02 Å². The molecule has 158 valence electrons. The molecule has 0 aliphatic carbocycles. The molecule has 0 saturated carbocycles. The van der Waals surface area contributed by atoms with Crippen LogP contribution in [-0.4, -0.2) is 40.6 Å². The molecule has 30 heavy (non-hydrogen) atoms. The first-order valence-electron chi connectivity index (χ1n) is 9.83. The maximum Gasteiger partial charge on any atom is 0.254 e. The van der Waals surface area contributed by atoms with Gasteiger partial charge in [0.25, 0.3) is 5.91 Å². The molecule has 0 radical (unpaired) electrons. The second-order valence-electron chi connectivity index (χ2n) is 8.23. The van der Waals surface area contributed by atoms with E-state index in [-0.39, 0.29) is 17.8 Å². The van der Waals surface area contributed by atoms with Crippen molar-refractivity contribution in [3.05, 3.63) is 63.9 Å². The van der Waals surface area contributed by atoms with Crippen molar-refractivity contribution in [3.63, 3.8) is 0 Å². The van der Waals surface area contributed by atoms with E-state index in [9.17, 15) is 19.6 Å². The van der Waals surface area contributed by atoms with Crippen molar-refractivity contribution in [2.75, 3.05) is 18.0 Å². The van der Waals surface area contributed by atoms with Gasteiger partial charge < -0.3 is 14.9 Å². The number of carbonyl (C=O) groups is 1. The van der Waals surface area contributed by atoms with Gasteiger partial charge in [0.05, 0.1) is 10.6 Å². The van der Waals surface area contributed by atoms with Crippen LogP contribution in [0.3, 0.4) is 0 Å². The summed E-state index contributed by atoms with van der Waals surface area (Å²) < 4.78 is 13.9. The number of amides is 1. The van der Waals surface area contributed by atoms with Gasteiger partial charge in [-0.15, -0.1) is 0 Å². The number of halogens is 2. The Morgan fingerprint density at radius 2 is 2.10 bits per heavy atom. The van der Waals surface area contributed by atoms with Crippen LogP contribution in [0, 0.1) is 24.1 Å². The number of likely N-dealkylation sites (tertiary alicyclic amines) is 1. The average molecular weight is 430 g/mol. The highest BCUT2D eigenvalue weighted by molar-refractivity contribution is 6.32. The lowest BCUT2D eigenvalue weighted by Gasteiger charge is -2.33. The van der Waals surface area contributed by atoms with Crippen LogP contribution in [0.4, 0.5) is 10.1 Å². The van der Waals surface area contributed by atoms with E-state index >= 15 is 0 Å². The zero-order valence-electron chi connectivity index (χ0n) is 17.3. The fourth-order valence-electron chi connectivity index (χ4n) is 3.77. The highest BCUT2D eigenvalue weighted by Crippen LogP contribution is 2.30. The van der Waals surface area contributed by atoms with Gasteiger partial charge in [0, 0.05) is 31.4 Å². The van der Waals surface area contributed by atoms with Crippen LogP contribution < -0.4 is 4.90 Å². The molecule has 1 aliphatic rings. The summed E-state index contributed by atoms with van der Waals surface area (Å²) in [7, 11) is 0. The van der Waals surface area contributed by atoms with E-state index in [1.54, 1.807) is 23.1 Å². The molecule has 7 heteroatoms. The number of anilines is 1. The smallest absolute Gasteiger partial charge is 0.254 e. The number of aliphatic hydroxyl groups is 1. The minimum absolute atomic E-state index is 0.0389. The number of hydrogen-bond donors (Lipinski definition) is 1. The summed E-state index contributed by atoms with van der Waals surface area (Å²) in [4.78, 5) is 16.3. The van der Waals surface area contributed by atoms with E-state index in [1.165, 1.54) is 26.0 Å². The molecule has 0 aromatic heterocycles.